The molecule has 1 aromatic rings. The molecule has 0 aliphatic heterocycles. The van der Waals surface area contributed by atoms with Crippen LogP contribution in [0.1, 0.15) is 95.8 Å². The number of esters is 2. The topological polar surface area (TPSA) is 71.1 Å². The third-order valence-electron chi connectivity index (χ3n) is 7.45. The lowest BCUT2D eigenvalue weighted by atomic mass is 9.92. The summed E-state index contributed by atoms with van der Waals surface area (Å²) in [6.07, 6.45) is 11.0. The normalized spacial score (nSPS) is 13.4. The van der Waals surface area contributed by atoms with Gasteiger partial charge in [0.25, 0.3) is 0 Å². The van der Waals surface area contributed by atoms with Gasteiger partial charge in [0.2, 0.25) is 5.92 Å². The quantitative estimate of drug-likeness (QED) is 0.115. The number of carbonyl (C=O) groups excluding carboxylic acids is 2. The summed E-state index contributed by atoms with van der Waals surface area (Å²) in [7, 11) is 4.16. The maximum absolute atomic E-state index is 12.6. The van der Waals surface area contributed by atoms with E-state index in [0.717, 1.165) is 47.1 Å². The molecule has 6 heteroatoms. The number of ether oxygens (including phenoxy) is 4. The Kier molecular flexibility index (Phi) is 15.1. The summed E-state index contributed by atoms with van der Waals surface area (Å²) in [5.41, 5.74) is 2.73. The molecule has 6 nitrogen and oxygen atoms in total. The second kappa shape index (κ2) is 17.2. The highest BCUT2D eigenvalue weighted by Gasteiger charge is 2.35. The van der Waals surface area contributed by atoms with Crippen molar-refractivity contribution >= 4 is 11.9 Å². The fraction of sp³-hybridized carbons (Fsp3) is 0.688. The number of allylic oxidation sites excluding steroid dienone is 1. The molecule has 0 aromatic heterocycles. The van der Waals surface area contributed by atoms with Crippen LogP contribution in [-0.2, 0) is 19.1 Å². The van der Waals surface area contributed by atoms with Crippen molar-refractivity contribution in [1.82, 2.24) is 0 Å². The van der Waals surface area contributed by atoms with Crippen LogP contribution in [0.25, 0.3) is 0 Å². The minimum absolute atomic E-state index is 0.238. The van der Waals surface area contributed by atoms with Crippen molar-refractivity contribution in [3.8, 4) is 11.5 Å². The number of hydrogen-bond donors (Lipinski definition) is 0. The first-order valence-electron chi connectivity index (χ1n) is 14.1. The number of aryl methyl sites for hydroxylation is 1. The second-order valence-electron chi connectivity index (χ2n) is 11.2. The first kappa shape index (κ1) is 33.5. The molecule has 38 heavy (non-hydrogen) atoms. The zero-order valence-corrected chi connectivity index (χ0v) is 25.6. The summed E-state index contributed by atoms with van der Waals surface area (Å²) in [4.78, 5) is 25.2. The van der Waals surface area contributed by atoms with Crippen molar-refractivity contribution < 1.29 is 28.5 Å². The van der Waals surface area contributed by atoms with E-state index >= 15 is 0 Å². The van der Waals surface area contributed by atoms with Gasteiger partial charge in [-0.05, 0) is 80.2 Å². The lowest BCUT2D eigenvalue weighted by Crippen LogP contribution is -2.30. The zero-order chi connectivity index (χ0) is 28.8. The molecule has 0 spiro atoms. The van der Waals surface area contributed by atoms with Crippen molar-refractivity contribution in [3.63, 3.8) is 0 Å². The Hall–Kier alpha value is -2.50. The molecule has 0 fully saturated rings. The summed E-state index contributed by atoms with van der Waals surface area (Å²) >= 11 is 0. The van der Waals surface area contributed by atoms with Gasteiger partial charge < -0.3 is 18.9 Å². The van der Waals surface area contributed by atoms with Gasteiger partial charge in [0, 0.05) is 0 Å². The smallest absolute Gasteiger partial charge is 0.327 e. The van der Waals surface area contributed by atoms with Gasteiger partial charge in [0.05, 0.1) is 21.3 Å². The number of rotatable bonds is 17. The largest absolute Gasteiger partial charge is 0.496 e. The Bertz CT molecular complexity index is 901. The number of methoxy groups -OCH3 is 3. The highest BCUT2D eigenvalue weighted by Crippen LogP contribution is 2.35. The molecule has 2 atom stereocenters. The standard InChI is InChI=1S/C32H52O6/c1-21(2)14-11-15-22(3)16-12-17-23(4)18-13-19-27(29(31(33)36-9)32(34)37-10)38-28-20-24(5)30(35-8)26(7)25(28)6/h19-23,29H,11-18H2,1-10H3/b27-19+/t22-,23-/m1/s1. The van der Waals surface area contributed by atoms with Crippen molar-refractivity contribution in [1.29, 1.82) is 0 Å². The van der Waals surface area contributed by atoms with Crippen molar-refractivity contribution in [3.05, 3.63) is 34.6 Å². The Morgan fingerprint density at radius 1 is 0.789 bits per heavy atom. The maximum Gasteiger partial charge on any atom is 0.327 e. The van der Waals surface area contributed by atoms with Gasteiger partial charge in [0.1, 0.15) is 17.3 Å². The van der Waals surface area contributed by atoms with E-state index in [0.29, 0.717) is 18.1 Å². The van der Waals surface area contributed by atoms with Gasteiger partial charge in [0.15, 0.2) is 0 Å². The Balaban J connectivity index is 2.97. The van der Waals surface area contributed by atoms with Crippen LogP contribution in [0.15, 0.2) is 17.9 Å². The molecule has 1 aromatic carbocycles. The molecule has 0 saturated carbocycles. The third kappa shape index (κ3) is 10.7. The fourth-order valence-electron chi connectivity index (χ4n) is 4.84. The first-order chi connectivity index (χ1) is 18.0. The van der Waals surface area contributed by atoms with Crippen LogP contribution in [-0.4, -0.2) is 33.3 Å². The van der Waals surface area contributed by atoms with E-state index in [1.165, 1.54) is 46.3 Å². The van der Waals surface area contributed by atoms with Crippen molar-refractivity contribution in [2.75, 3.05) is 21.3 Å². The van der Waals surface area contributed by atoms with Crippen LogP contribution < -0.4 is 9.47 Å². The average molecular weight is 533 g/mol. The van der Waals surface area contributed by atoms with E-state index in [1.807, 2.05) is 32.9 Å². The van der Waals surface area contributed by atoms with Gasteiger partial charge in [-0.3, -0.25) is 9.59 Å². The summed E-state index contributed by atoms with van der Waals surface area (Å²) in [6, 6.07) is 1.87. The second-order valence-corrected chi connectivity index (χ2v) is 11.2. The highest BCUT2D eigenvalue weighted by atomic mass is 16.6. The fourth-order valence-corrected chi connectivity index (χ4v) is 4.84. The molecular weight excluding hydrogens is 480 g/mol. The molecule has 0 radical (unpaired) electrons. The van der Waals surface area contributed by atoms with E-state index < -0.39 is 17.9 Å². The maximum atomic E-state index is 12.6. The average Bonchev–Trinajstić information content (AvgIpc) is 2.86. The molecular formula is C32H52O6. The van der Waals surface area contributed by atoms with Crippen molar-refractivity contribution in [2.45, 2.75) is 99.8 Å². The summed E-state index contributed by atoms with van der Waals surface area (Å²) < 4.78 is 21.7. The SMILES string of the molecule is COC(=O)C(C(=O)OC)/C(=C\CC[C@H](C)CCC[C@H](C)CCCC(C)C)Oc1cc(C)c(OC)c(C)c1C. The minimum Gasteiger partial charge on any atom is -0.496 e. The van der Waals surface area contributed by atoms with E-state index in [4.69, 9.17) is 18.9 Å². The van der Waals surface area contributed by atoms with Crippen LogP contribution in [0, 0.1) is 44.4 Å². The van der Waals surface area contributed by atoms with Gasteiger partial charge in [-0.2, -0.15) is 0 Å². The van der Waals surface area contributed by atoms with Crippen molar-refractivity contribution in [2.24, 2.45) is 23.7 Å². The van der Waals surface area contributed by atoms with E-state index in [-0.39, 0.29) is 5.76 Å². The Labute approximate surface area is 231 Å². The molecule has 216 valence electrons. The molecule has 1 rings (SSSR count). The molecule has 0 amide bonds. The van der Waals surface area contributed by atoms with E-state index in [9.17, 15) is 9.59 Å². The van der Waals surface area contributed by atoms with Gasteiger partial charge in [-0.15, -0.1) is 0 Å². The van der Waals surface area contributed by atoms with Crippen LogP contribution in [0.3, 0.4) is 0 Å². The molecule has 0 aliphatic rings. The summed E-state index contributed by atoms with van der Waals surface area (Å²) in [6.45, 7) is 15.0. The lowest BCUT2D eigenvalue weighted by Gasteiger charge is -2.21. The summed E-state index contributed by atoms with van der Waals surface area (Å²) in [5.74, 6) is 0.980. The van der Waals surface area contributed by atoms with Gasteiger partial charge in [-0.1, -0.05) is 66.2 Å². The Morgan fingerprint density at radius 2 is 1.32 bits per heavy atom. The monoisotopic (exact) mass is 532 g/mol. The van der Waals surface area contributed by atoms with Gasteiger partial charge in [-0.25, -0.2) is 0 Å². The molecule has 0 bridgehead atoms. The molecule has 0 heterocycles. The predicted molar refractivity (Wildman–Crippen MR) is 154 cm³/mol. The predicted octanol–water partition coefficient (Wildman–Crippen LogP) is 7.89. The molecule has 0 aliphatic carbocycles. The van der Waals surface area contributed by atoms with Crippen LogP contribution >= 0.6 is 0 Å². The van der Waals surface area contributed by atoms with E-state index in [1.54, 1.807) is 7.11 Å². The lowest BCUT2D eigenvalue weighted by molar-refractivity contribution is -0.157. The zero-order valence-electron chi connectivity index (χ0n) is 25.6. The third-order valence-corrected chi connectivity index (χ3v) is 7.45. The van der Waals surface area contributed by atoms with Gasteiger partial charge >= 0.3 is 11.9 Å². The molecule has 0 saturated heterocycles. The van der Waals surface area contributed by atoms with Crippen LogP contribution in [0.5, 0.6) is 11.5 Å². The number of carbonyl (C=O) groups is 2. The number of hydrogen-bond acceptors (Lipinski definition) is 6. The first-order valence-corrected chi connectivity index (χ1v) is 14.1. The summed E-state index contributed by atoms with van der Waals surface area (Å²) in [5, 5.41) is 0. The Morgan fingerprint density at radius 3 is 1.82 bits per heavy atom. The molecule has 0 unspecified atom stereocenters. The van der Waals surface area contributed by atoms with E-state index in [2.05, 4.69) is 27.7 Å². The van der Waals surface area contributed by atoms with Crippen LogP contribution in [0.4, 0.5) is 0 Å². The van der Waals surface area contributed by atoms with Crippen LogP contribution in [0.2, 0.25) is 0 Å². The number of benzene rings is 1. The highest BCUT2D eigenvalue weighted by molar-refractivity contribution is 5.97. The molecule has 0 N–H and O–H groups in total. The minimum atomic E-state index is -1.28.